The number of hydrogen-bond donors (Lipinski definition) is 0. The maximum atomic E-state index is 13.2. The maximum absolute atomic E-state index is 13.2. The van der Waals surface area contributed by atoms with E-state index < -0.39 is 0 Å². The van der Waals surface area contributed by atoms with Crippen molar-refractivity contribution < 1.29 is 14.3 Å². The van der Waals surface area contributed by atoms with Crippen LogP contribution < -0.4 is 9.47 Å². The quantitative estimate of drug-likeness (QED) is 0.575. The van der Waals surface area contributed by atoms with E-state index in [-0.39, 0.29) is 5.91 Å². The summed E-state index contributed by atoms with van der Waals surface area (Å²) in [6.45, 7) is 1.79. The number of hydrogen-bond acceptors (Lipinski definition) is 5. The van der Waals surface area contributed by atoms with Crippen molar-refractivity contribution in [1.82, 2.24) is 14.7 Å². The lowest BCUT2D eigenvalue weighted by molar-refractivity contribution is 0.0785. The van der Waals surface area contributed by atoms with Crippen molar-refractivity contribution in [2.45, 2.75) is 17.9 Å². The molecule has 2 heterocycles. The number of carbonyl (C=O) groups excluding carboxylic acids is 1. The fourth-order valence-corrected chi connectivity index (χ4v) is 3.86. The Balaban J connectivity index is 1.59. The van der Waals surface area contributed by atoms with Gasteiger partial charge in [-0.2, -0.15) is 5.10 Å². The van der Waals surface area contributed by atoms with Crippen molar-refractivity contribution >= 4 is 17.7 Å². The topological polar surface area (TPSA) is 56.6 Å². The van der Waals surface area contributed by atoms with E-state index in [1.807, 2.05) is 38.6 Å². The standard InChI is InChI=1S/C23H25N3O3S/c1-25(14-16-5-8-18(30-3)9-6-16)23(27)19-15-26(2)24-22(19)17-7-10-20-21(13-17)29-12-4-11-28-20/h5-10,13,15H,4,11-12,14H2,1-3H3. The Morgan fingerprint density at radius 2 is 1.87 bits per heavy atom. The van der Waals surface area contributed by atoms with Gasteiger partial charge in [0.2, 0.25) is 0 Å². The van der Waals surface area contributed by atoms with E-state index in [2.05, 4.69) is 29.4 Å². The highest BCUT2D eigenvalue weighted by atomic mass is 32.2. The van der Waals surface area contributed by atoms with Crippen molar-refractivity contribution in [3.05, 3.63) is 59.8 Å². The van der Waals surface area contributed by atoms with E-state index in [4.69, 9.17) is 9.47 Å². The number of nitrogens with zero attached hydrogens (tertiary/aromatic N) is 3. The largest absolute Gasteiger partial charge is 0.490 e. The molecule has 1 aromatic heterocycles. The second-order valence-corrected chi connectivity index (χ2v) is 8.17. The summed E-state index contributed by atoms with van der Waals surface area (Å²) in [5.41, 5.74) is 3.13. The molecular weight excluding hydrogens is 398 g/mol. The molecule has 0 saturated carbocycles. The molecule has 30 heavy (non-hydrogen) atoms. The van der Waals surface area contributed by atoms with E-state index in [1.54, 1.807) is 27.5 Å². The number of carbonyl (C=O) groups is 1. The Bertz CT molecular complexity index is 1050. The molecule has 156 valence electrons. The predicted octanol–water partition coefficient (Wildman–Crippen LogP) is 4.24. The highest BCUT2D eigenvalue weighted by molar-refractivity contribution is 7.98. The minimum absolute atomic E-state index is 0.0702. The molecule has 1 amide bonds. The zero-order valence-electron chi connectivity index (χ0n) is 17.4. The molecular formula is C23H25N3O3S. The Labute approximate surface area is 180 Å². The van der Waals surface area contributed by atoms with Gasteiger partial charge in [-0.05, 0) is 42.2 Å². The molecule has 0 saturated heterocycles. The lowest BCUT2D eigenvalue weighted by Crippen LogP contribution is -2.26. The SMILES string of the molecule is CSc1ccc(CN(C)C(=O)c2cn(C)nc2-c2ccc3c(c2)OCCCO3)cc1. The zero-order chi connectivity index (χ0) is 21.1. The van der Waals surface area contributed by atoms with Gasteiger partial charge in [-0.1, -0.05) is 12.1 Å². The predicted molar refractivity (Wildman–Crippen MR) is 118 cm³/mol. The van der Waals surface area contributed by atoms with Crippen LogP contribution in [0, 0.1) is 0 Å². The summed E-state index contributed by atoms with van der Waals surface area (Å²) >= 11 is 1.70. The molecule has 0 spiro atoms. The molecule has 4 rings (SSSR count). The number of aromatic nitrogens is 2. The second-order valence-electron chi connectivity index (χ2n) is 7.29. The van der Waals surface area contributed by atoms with Crippen LogP contribution in [0.1, 0.15) is 22.3 Å². The van der Waals surface area contributed by atoms with E-state index in [9.17, 15) is 4.79 Å². The third kappa shape index (κ3) is 4.31. The first kappa shape index (κ1) is 20.3. The number of rotatable bonds is 5. The van der Waals surface area contributed by atoms with Crippen LogP contribution in [-0.4, -0.2) is 47.1 Å². The summed E-state index contributed by atoms with van der Waals surface area (Å²) in [5.74, 6) is 1.35. The molecule has 0 fully saturated rings. The number of thioether (sulfide) groups is 1. The fourth-order valence-electron chi connectivity index (χ4n) is 3.45. The van der Waals surface area contributed by atoms with Crippen molar-refractivity contribution in [2.75, 3.05) is 26.5 Å². The highest BCUT2D eigenvalue weighted by Crippen LogP contribution is 2.35. The molecule has 6 nitrogen and oxygen atoms in total. The zero-order valence-corrected chi connectivity index (χ0v) is 18.2. The van der Waals surface area contributed by atoms with Crippen LogP contribution in [-0.2, 0) is 13.6 Å². The van der Waals surface area contributed by atoms with Gasteiger partial charge in [0.05, 0.1) is 18.8 Å². The Hall–Kier alpha value is -2.93. The lowest BCUT2D eigenvalue weighted by Gasteiger charge is -2.17. The third-order valence-corrected chi connectivity index (χ3v) is 5.75. The smallest absolute Gasteiger partial charge is 0.257 e. The van der Waals surface area contributed by atoms with Gasteiger partial charge in [-0.25, -0.2) is 0 Å². The summed E-state index contributed by atoms with van der Waals surface area (Å²) in [6, 6.07) is 14.0. The number of amides is 1. The Kier molecular flexibility index (Phi) is 5.99. The number of aryl methyl sites for hydroxylation is 1. The first-order valence-electron chi connectivity index (χ1n) is 9.87. The van der Waals surface area contributed by atoms with Crippen LogP contribution in [0.5, 0.6) is 11.5 Å². The van der Waals surface area contributed by atoms with E-state index in [0.717, 1.165) is 23.3 Å². The van der Waals surface area contributed by atoms with Gasteiger partial charge in [0.1, 0.15) is 5.69 Å². The normalized spacial score (nSPS) is 13.0. The molecule has 0 radical (unpaired) electrons. The van der Waals surface area contributed by atoms with Gasteiger partial charge in [-0.15, -0.1) is 11.8 Å². The molecule has 7 heteroatoms. The van der Waals surface area contributed by atoms with E-state index in [1.165, 1.54) is 4.90 Å². The van der Waals surface area contributed by atoms with Gasteiger partial charge in [0.15, 0.2) is 11.5 Å². The van der Waals surface area contributed by atoms with Crippen LogP contribution in [0.2, 0.25) is 0 Å². The molecule has 0 atom stereocenters. The summed E-state index contributed by atoms with van der Waals surface area (Å²) < 4.78 is 13.2. The number of fused-ring (bicyclic) bond motifs is 1. The fraction of sp³-hybridized carbons (Fsp3) is 0.304. The Morgan fingerprint density at radius 1 is 1.13 bits per heavy atom. The van der Waals surface area contributed by atoms with Crippen molar-refractivity contribution in [3.63, 3.8) is 0 Å². The summed E-state index contributed by atoms with van der Waals surface area (Å²) in [7, 11) is 3.64. The summed E-state index contributed by atoms with van der Waals surface area (Å²) in [4.78, 5) is 16.2. The number of ether oxygens (including phenoxy) is 2. The van der Waals surface area contributed by atoms with Crippen LogP contribution in [0.3, 0.4) is 0 Å². The lowest BCUT2D eigenvalue weighted by atomic mass is 10.1. The van der Waals surface area contributed by atoms with Crippen molar-refractivity contribution in [2.24, 2.45) is 7.05 Å². The number of benzene rings is 2. The molecule has 1 aliphatic rings. The molecule has 0 bridgehead atoms. The van der Waals surface area contributed by atoms with Crippen molar-refractivity contribution in [1.29, 1.82) is 0 Å². The van der Waals surface area contributed by atoms with Crippen molar-refractivity contribution in [3.8, 4) is 22.8 Å². The molecule has 3 aromatic rings. The highest BCUT2D eigenvalue weighted by Gasteiger charge is 2.22. The first-order chi connectivity index (χ1) is 14.5. The van der Waals surface area contributed by atoms with Crippen LogP contribution in [0.25, 0.3) is 11.3 Å². The average molecular weight is 424 g/mol. The molecule has 2 aromatic carbocycles. The van der Waals surface area contributed by atoms with E-state index in [0.29, 0.717) is 36.8 Å². The minimum Gasteiger partial charge on any atom is -0.490 e. The first-order valence-corrected chi connectivity index (χ1v) is 11.1. The van der Waals surface area contributed by atoms with E-state index >= 15 is 0 Å². The van der Waals surface area contributed by atoms with Gasteiger partial charge >= 0.3 is 0 Å². The summed E-state index contributed by atoms with van der Waals surface area (Å²) in [6.07, 6.45) is 4.67. The molecule has 0 unspecified atom stereocenters. The molecule has 0 N–H and O–H groups in total. The van der Waals surface area contributed by atoms with Gasteiger partial charge in [0.25, 0.3) is 5.91 Å². The molecule has 0 aliphatic carbocycles. The van der Waals surface area contributed by atoms with Crippen LogP contribution in [0.15, 0.2) is 53.6 Å². The minimum atomic E-state index is -0.0702. The third-order valence-electron chi connectivity index (χ3n) is 5.01. The van der Waals surface area contributed by atoms with Gasteiger partial charge < -0.3 is 14.4 Å². The molecule has 1 aliphatic heterocycles. The second kappa shape index (κ2) is 8.83. The van der Waals surface area contributed by atoms with Crippen LogP contribution >= 0.6 is 11.8 Å². The van der Waals surface area contributed by atoms with Gasteiger partial charge in [-0.3, -0.25) is 9.48 Å². The summed E-state index contributed by atoms with van der Waals surface area (Å²) in [5, 5.41) is 4.56. The van der Waals surface area contributed by atoms with Gasteiger partial charge in [0, 0.05) is 43.7 Å². The average Bonchev–Trinajstić information content (AvgIpc) is 3.00. The van der Waals surface area contributed by atoms with Crippen LogP contribution in [0.4, 0.5) is 0 Å². The monoisotopic (exact) mass is 423 g/mol. The Morgan fingerprint density at radius 3 is 2.60 bits per heavy atom. The maximum Gasteiger partial charge on any atom is 0.257 e.